The highest BCUT2D eigenvalue weighted by Crippen LogP contribution is 2.35. The highest BCUT2D eigenvalue weighted by atomic mass is 32.2. The Balaban J connectivity index is 1.92. The molecule has 0 bridgehead atoms. The van der Waals surface area contributed by atoms with Crippen LogP contribution in [0, 0.1) is 0 Å². The van der Waals surface area contributed by atoms with Crippen molar-refractivity contribution >= 4 is 27.5 Å². The van der Waals surface area contributed by atoms with E-state index in [1.165, 1.54) is 11.4 Å². The second kappa shape index (κ2) is 6.33. The van der Waals surface area contributed by atoms with Gasteiger partial charge in [-0.2, -0.15) is 0 Å². The number of thioether (sulfide) groups is 1. The average Bonchev–Trinajstić information content (AvgIpc) is 2.60. The van der Waals surface area contributed by atoms with Crippen molar-refractivity contribution in [1.29, 1.82) is 0 Å². The number of fused-ring (bicyclic) bond motifs is 1. The smallest absolute Gasteiger partial charge is 0.264 e. The van der Waals surface area contributed by atoms with Crippen LogP contribution in [0.4, 0.5) is 5.69 Å². The molecular weight excluding hydrogens is 334 g/mol. The summed E-state index contributed by atoms with van der Waals surface area (Å²) in [5.74, 6) is 1.20. The fraction of sp³-hybridized carbons (Fsp3) is 0.250. The maximum Gasteiger partial charge on any atom is 0.264 e. The van der Waals surface area contributed by atoms with Crippen LogP contribution in [0.1, 0.15) is 0 Å². The molecule has 0 atom stereocenters. The molecule has 2 aromatic rings. The van der Waals surface area contributed by atoms with Gasteiger partial charge in [0.25, 0.3) is 10.0 Å². The standard InChI is InChI=1S/C16H17NO4S2/c1-17(12-3-8-15-16(11-12)21-10-9-20-15)23(18,19)14-6-4-13(22-2)5-7-14/h3-8,11H,9-10H2,1-2H3. The average molecular weight is 351 g/mol. The van der Waals surface area contributed by atoms with Gasteiger partial charge < -0.3 is 9.47 Å². The zero-order valence-corrected chi connectivity index (χ0v) is 14.5. The number of anilines is 1. The molecule has 7 heteroatoms. The number of rotatable bonds is 4. The largest absolute Gasteiger partial charge is 0.486 e. The molecule has 2 aromatic carbocycles. The van der Waals surface area contributed by atoms with Gasteiger partial charge >= 0.3 is 0 Å². The van der Waals surface area contributed by atoms with Gasteiger partial charge in [0.1, 0.15) is 13.2 Å². The predicted octanol–water partition coefficient (Wildman–Crippen LogP) is 3.00. The second-order valence-electron chi connectivity index (χ2n) is 4.98. The number of hydrogen-bond donors (Lipinski definition) is 0. The molecular formula is C16H17NO4S2. The van der Waals surface area contributed by atoms with Gasteiger partial charge in [0.15, 0.2) is 11.5 Å². The third-order valence-corrected chi connectivity index (χ3v) is 6.15. The van der Waals surface area contributed by atoms with E-state index in [1.54, 1.807) is 54.2 Å². The van der Waals surface area contributed by atoms with Crippen molar-refractivity contribution < 1.29 is 17.9 Å². The van der Waals surface area contributed by atoms with Crippen molar-refractivity contribution in [3.05, 3.63) is 42.5 Å². The lowest BCUT2D eigenvalue weighted by molar-refractivity contribution is 0.171. The topological polar surface area (TPSA) is 55.8 Å². The molecule has 1 aliphatic rings. The van der Waals surface area contributed by atoms with E-state index in [0.717, 1.165) is 4.90 Å². The van der Waals surface area contributed by atoms with Gasteiger partial charge in [-0.3, -0.25) is 4.31 Å². The molecule has 122 valence electrons. The Hall–Kier alpha value is -1.86. The Labute approximate surface area is 140 Å². The molecule has 0 fully saturated rings. The number of sulfonamides is 1. The molecule has 0 unspecified atom stereocenters. The highest BCUT2D eigenvalue weighted by Gasteiger charge is 2.23. The van der Waals surface area contributed by atoms with E-state index in [0.29, 0.717) is 30.4 Å². The van der Waals surface area contributed by atoms with Crippen LogP contribution in [0.5, 0.6) is 11.5 Å². The molecule has 0 radical (unpaired) electrons. The molecule has 0 saturated carbocycles. The Morgan fingerprint density at radius 1 is 1.00 bits per heavy atom. The molecule has 0 spiro atoms. The third kappa shape index (κ3) is 3.11. The zero-order chi connectivity index (χ0) is 16.4. The molecule has 1 aliphatic heterocycles. The lowest BCUT2D eigenvalue weighted by atomic mass is 10.2. The van der Waals surface area contributed by atoms with Gasteiger partial charge in [-0.05, 0) is 42.7 Å². The van der Waals surface area contributed by atoms with Gasteiger partial charge in [0.05, 0.1) is 10.6 Å². The SMILES string of the molecule is CSc1ccc(S(=O)(=O)N(C)c2ccc3c(c2)OCCO3)cc1. The van der Waals surface area contributed by atoms with E-state index in [9.17, 15) is 8.42 Å². The molecule has 0 saturated heterocycles. The maximum atomic E-state index is 12.7. The summed E-state index contributed by atoms with van der Waals surface area (Å²) in [6.45, 7) is 0.964. The summed E-state index contributed by atoms with van der Waals surface area (Å²) in [5, 5.41) is 0. The molecule has 1 heterocycles. The second-order valence-corrected chi connectivity index (χ2v) is 7.82. The number of hydrogen-bond acceptors (Lipinski definition) is 5. The Morgan fingerprint density at radius 2 is 1.65 bits per heavy atom. The molecule has 0 aromatic heterocycles. The van der Waals surface area contributed by atoms with Crippen LogP contribution in [-0.4, -0.2) is 34.9 Å². The van der Waals surface area contributed by atoms with Crippen LogP contribution in [0.3, 0.4) is 0 Å². The number of ether oxygens (including phenoxy) is 2. The zero-order valence-electron chi connectivity index (χ0n) is 12.9. The van der Waals surface area contributed by atoms with Crippen LogP contribution in [0.15, 0.2) is 52.3 Å². The van der Waals surface area contributed by atoms with Gasteiger partial charge in [-0.1, -0.05) is 0 Å². The van der Waals surface area contributed by atoms with Crippen molar-refractivity contribution in [2.75, 3.05) is 30.8 Å². The summed E-state index contributed by atoms with van der Waals surface area (Å²) in [5.41, 5.74) is 0.531. The molecule has 3 rings (SSSR count). The summed E-state index contributed by atoms with van der Waals surface area (Å²) >= 11 is 1.57. The van der Waals surface area contributed by atoms with E-state index in [4.69, 9.17) is 9.47 Å². The minimum Gasteiger partial charge on any atom is -0.486 e. The van der Waals surface area contributed by atoms with Gasteiger partial charge in [0, 0.05) is 18.0 Å². The van der Waals surface area contributed by atoms with Gasteiger partial charge in [0.2, 0.25) is 0 Å². The Morgan fingerprint density at radius 3 is 2.30 bits per heavy atom. The minimum absolute atomic E-state index is 0.257. The highest BCUT2D eigenvalue weighted by molar-refractivity contribution is 7.98. The van der Waals surface area contributed by atoms with Crippen molar-refractivity contribution in [2.24, 2.45) is 0 Å². The van der Waals surface area contributed by atoms with E-state index < -0.39 is 10.0 Å². The Bertz CT molecular complexity index is 803. The van der Waals surface area contributed by atoms with E-state index >= 15 is 0 Å². The van der Waals surface area contributed by atoms with Crippen molar-refractivity contribution in [3.8, 4) is 11.5 Å². The molecule has 0 amide bonds. The van der Waals surface area contributed by atoms with Gasteiger partial charge in [-0.15, -0.1) is 11.8 Å². The molecule has 0 aliphatic carbocycles. The van der Waals surface area contributed by atoms with Crippen LogP contribution in [0.2, 0.25) is 0 Å². The van der Waals surface area contributed by atoms with Crippen LogP contribution < -0.4 is 13.8 Å². The summed E-state index contributed by atoms with van der Waals surface area (Å²) in [4.78, 5) is 1.28. The molecule has 23 heavy (non-hydrogen) atoms. The van der Waals surface area contributed by atoms with Crippen LogP contribution in [0.25, 0.3) is 0 Å². The maximum absolute atomic E-state index is 12.7. The molecule has 5 nitrogen and oxygen atoms in total. The predicted molar refractivity (Wildman–Crippen MR) is 91.2 cm³/mol. The normalized spacial score (nSPS) is 13.7. The minimum atomic E-state index is -3.62. The van der Waals surface area contributed by atoms with Crippen LogP contribution in [-0.2, 0) is 10.0 Å². The first kappa shape index (κ1) is 16.0. The molecule has 0 N–H and O–H groups in total. The summed E-state index contributed by atoms with van der Waals surface area (Å²) < 4.78 is 37.7. The summed E-state index contributed by atoms with van der Waals surface area (Å²) in [6, 6.07) is 12.0. The lowest BCUT2D eigenvalue weighted by Gasteiger charge is -2.23. The van der Waals surface area contributed by atoms with E-state index in [2.05, 4.69) is 0 Å². The van der Waals surface area contributed by atoms with Crippen molar-refractivity contribution in [3.63, 3.8) is 0 Å². The number of benzene rings is 2. The lowest BCUT2D eigenvalue weighted by Crippen LogP contribution is -2.26. The summed E-state index contributed by atoms with van der Waals surface area (Å²) in [7, 11) is -2.08. The first-order valence-corrected chi connectivity index (χ1v) is 9.71. The van der Waals surface area contributed by atoms with Crippen LogP contribution >= 0.6 is 11.8 Å². The van der Waals surface area contributed by atoms with E-state index in [-0.39, 0.29) is 4.90 Å². The third-order valence-electron chi connectivity index (χ3n) is 3.61. The first-order chi connectivity index (χ1) is 11.0. The number of nitrogens with zero attached hydrogens (tertiary/aromatic N) is 1. The fourth-order valence-corrected chi connectivity index (χ4v) is 3.87. The van der Waals surface area contributed by atoms with Crippen molar-refractivity contribution in [2.45, 2.75) is 9.79 Å². The summed E-state index contributed by atoms with van der Waals surface area (Å²) in [6.07, 6.45) is 1.95. The first-order valence-electron chi connectivity index (χ1n) is 7.05. The van der Waals surface area contributed by atoms with Crippen molar-refractivity contribution in [1.82, 2.24) is 0 Å². The quantitative estimate of drug-likeness (QED) is 0.793. The monoisotopic (exact) mass is 351 g/mol. The Kier molecular flexibility index (Phi) is 4.41. The fourth-order valence-electron chi connectivity index (χ4n) is 2.27. The van der Waals surface area contributed by atoms with Gasteiger partial charge in [-0.25, -0.2) is 8.42 Å². The van der Waals surface area contributed by atoms with E-state index in [1.807, 2.05) is 6.26 Å².